The monoisotopic (exact) mass is 320 g/mol. The Morgan fingerprint density at radius 2 is 2.04 bits per heavy atom. The Balaban J connectivity index is 1.74. The van der Waals surface area contributed by atoms with Gasteiger partial charge in [-0.25, -0.2) is 4.79 Å². The molecule has 2 N–H and O–H groups in total. The van der Waals surface area contributed by atoms with Gasteiger partial charge in [0.05, 0.1) is 13.7 Å². The van der Waals surface area contributed by atoms with Gasteiger partial charge in [-0.15, -0.1) is 0 Å². The van der Waals surface area contributed by atoms with Crippen molar-refractivity contribution in [2.45, 2.75) is 19.3 Å². The third-order valence-electron chi connectivity index (χ3n) is 3.61. The van der Waals surface area contributed by atoms with Crippen molar-refractivity contribution in [2.75, 3.05) is 34.0 Å². The second-order valence-corrected chi connectivity index (χ2v) is 5.24. The van der Waals surface area contributed by atoms with Gasteiger partial charge in [-0.3, -0.25) is 0 Å². The van der Waals surface area contributed by atoms with Gasteiger partial charge in [0.1, 0.15) is 5.75 Å². The van der Waals surface area contributed by atoms with Gasteiger partial charge in [0.15, 0.2) is 0 Å². The van der Waals surface area contributed by atoms with Crippen molar-refractivity contribution < 1.29 is 19.0 Å². The van der Waals surface area contributed by atoms with E-state index in [0.717, 1.165) is 41.5 Å². The fourth-order valence-electron chi connectivity index (χ4n) is 2.35. The lowest BCUT2D eigenvalue weighted by atomic mass is 10.1. The van der Waals surface area contributed by atoms with Gasteiger partial charge in [-0.1, -0.05) is 0 Å². The van der Waals surface area contributed by atoms with E-state index in [0.29, 0.717) is 19.8 Å². The molecule has 0 bridgehead atoms. The maximum absolute atomic E-state index is 11.6. The number of hydrogen-bond donors (Lipinski definition) is 2. The largest absolute Gasteiger partial charge is 0.497 e. The highest BCUT2D eigenvalue weighted by Gasteiger charge is 2.06. The molecule has 0 saturated heterocycles. The smallest absolute Gasteiger partial charge is 0.407 e. The number of alkyl carbamates (subject to hydrolysis) is 1. The van der Waals surface area contributed by atoms with Crippen molar-refractivity contribution in [3.05, 3.63) is 30.0 Å². The van der Waals surface area contributed by atoms with E-state index >= 15 is 0 Å². The minimum absolute atomic E-state index is 0.375. The first-order valence-corrected chi connectivity index (χ1v) is 7.78. The van der Waals surface area contributed by atoms with Gasteiger partial charge < -0.3 is 24.5 Å². The zero-order valence-corrected chi connectivity index (χ0v) is 13.7. The van der Waals surface area contributed by atoms with Crippen molar-refractivity contribution in [2.24, 2.45) is 0 Å². The summed E-state index contributed by atoms with van der Waals surface area (Å²) >= 11 is 0. The number of hydrogen-bond acceptors (Lipinski definition) is 4. The molecule has 2 rings (SSSR count). The number of methoxy groups -OCH3 is 2. The Bertz CT molecular complexity index is 624. The predicted octanol–water partition coefficient (Wildman–Crippen LogP) is 2.87. The van der Waals surface area contributed by atoms with E-state index in [9.17, 15) is 4.79 Å². The molecule has 1 aromatic heterocycles. The van der Waals surface area contributed by atoms with Crippen molar-refractivity contribution in [3.8, 4) is 5.75 Å². The maximum atomic E-state index is 11.6. The van der Waals surface area contributed by atoms with Crippen LogP contribution in [-0.2, 0) is 15.9 Å². The van der Waals surface area contributed by atoms with Crippen LogP contribution in [0.3, 0.4) is 0 Å². The van der Waals surface area contributed by atoms with Crippen LogP contribution in [0.15, 0.2) is 24.4 Å². The Morgan fingerprint density at radius 1 is 1.22 bits per heavy atom. The number of nitrogens with one attached hydrogen (secondary N) is 2. The second-order valence-electron chi connectivity index (χ2n) is 5.24. The highest BCUT2D eigenvalue weighted by atomic mass is 16.5. The molecule has 6 heteroatoms. The summed E-state index contributed by atoms with van der Waals surface area (Å²) < 4.78 is 15.3. The fourth-order valence-corrected chi connectivity index (χ4v) is 2.35. The molecule has 0 radical (unpaired) electrons. The van der Waals surface area contributed by atoms with E-state index in [1.54, 1.807) is 14.2 Å². The SMILES string of the molecule is COCCCCOC(=O)NCCc1c[nH]c2ccc(OC)cc12. The molecule has 1 amide bonds. The Hall–Kier alpha value is -2.21. The average Bonchev–Trinajstić information content (AvgIpc) is 2.97. The van der Waals surface area contributed by atoms with Crippen LogP contribution in [0.4, 0.5) is 4.79 Å². The Morgan fingerprint density at radius 3 is 2.83 bits per heavy atom. The van der Waals surface area contributed by atoms with Crippen molar-refractivity contribution in [1.29, 1.82) is 0 Å². The number of aromatic nitrogens is 1. The van der Waals surface area contributed by atoms with Gasteiger partial charge in [0, 0.05) is 37.4 Å². The number of aromatic amines is 1. The van der Waals surface area contributed by atoms with E-state index in [1.807, 2.05) is 24.4 Å². The first-order chi connectivity index (χ1) is 11.2. The summed E-state index contributed by atoms with van der Waals surface area (Å²) in [6, 6.07) is 5.90. The number of fused-ring (bicyclic) bond motifs is 1. The van der Waals surface area contributed by atoms with Crippen LogP contribution in [-0.4, -0.2) is 45.1 Å². The summed E-state index contributed by atoms with van der Waals surface area (Å²) in [5.41, 5.74) is 2.20. The highest BCUT2D eigenvalue weighted by Crippen LogP contribution is 2.23. The molecule has 1 heterocycles. The number of H-pyrrole nitrogens is 1. The van der Waals surface area contributed by atoms with Crippen LogP contribution < -0.4 is 10.1 Å². The number of carbonyl (C=O) groups is 1. The summed E-state index contributed by atoms with van der Waals surface area (Å²) in [5, 5.41) is 3.88. The minimum Gasteiger partial charge on any atom is -0.497 e. The summed E-state index contributed by atoms with van der Waals surface area (Å²) in [6.07, 6.45) is 4.01. The van der Waals surface area contributed by atoms with Gasteiger partial charge in [-0.05, 0) is 43.0 Å². The lowest BCUT2D eigenvalue weighted by Crippen LogP contribution is -2.26. The van der Waals surface area contributed by atoms with E-state index in [4.69, 9.17) is 14.2 Å². The molecule has 1 aromatic carbocycles. The van der Waals surface area contributed by atoms with Crippen molar-refractivity contribution in [1.82, 2.24) is 10.3 Å². The molecule has 126 valence electrons. The molecule has 0 aliphatic heterocycles. The van der Waals surface area contributed by atoms with Gasteiger partial charge in [0.2, 0.25) is 0 Å². The lowest BCUT2D eigenvalue weighted by molar-refractivity contribution is 0.136. The summed E-state index contributed by atoms with van der Waals surface area (Å²) in [5.74, 6) is 0.821. The van der Waals surface area contributed by atoms with Crippen LogP contribution in [0.1, 0.15) is 18.4 Å². The van der Waals surface area contributed by atoms with E-state index in [1.165, 1.54) is 0 Å². The first kappa shape index (κ1) is 17.1. The molecule has 0 fully saturated rings. The topological polar surface area (TPSA) is 72.6 Å². The summed E-state index contributed by atoms with van der Waals surface area (Å²) in [7, 11) is 3.31. The molecule has 6 nitrogen and oxygen atoms in total. The number of benzene rings is 1. The summed E-state index contributed by atoms with van der Waals surface area (Å²) in [6.45, 7) is 1.63. The van der Waals surface area contributed by atoms with Crippen molar-refractivity contribution in [3.63, 3.8) is 0 Å². The number of ether oxygens (including phenoxy) is 3. The number of carbonyl (C=O) groups excluding carboxylic acids is 1. The molecule has 23 heavy (non-hydrogen) atoms. The fraction of sp³-hybridized carbons (Fsp3) is 0.471. The molecular formula is C17H24N2O4. The molecule has 0 unspecified atom stereocenters. The Kier molecular flexibility index (Phi) is 6.75. The number of unbranched alkanes of at least 4 members (excludes halogenated alkanes) is 1. The minimum atomic E-state index is -0.375. The molecule has 2 aromatic rings. The average molecular weight is 320 g/mol. The number of rotatable bonds is 9. The molecule has 0 atom stereocenters. The van der Waals surface area contributed by atoms with E-state index in [-0.39, 0.29) is 6.09 Å². The third kappa shape index (κ3) is 5.17. The summed E-state index contributed by atoms with van der Waals surface area (Å²) in [4.78, 5) is 14.8. The third-order valence-corrected chi connectivity index (χ3v) is 3.61. The van der Waals surface area contributed by atoms with Crippen LogP contribution in [0.5, 0.6) is 5.75 Å². The highest BCUT2D eigenvalue weighted by molar-refractivity contribution is 5.84. The molecule has 0 aliphatic rings. The molecular weight excluding hydrogens is 296 g/mol. The van der Waals surface area contributed by atoms with Gasteiger partial charge in [-0.2, -0.15) is 0 Å². The first-order valence-electron chi connectivity index (χ1n) is 7.78. The van der Waals surface area contributed by atoms with Gasteiger partial charge in [0.25, 0.3) is 0 Å². The van der Waals surface area contributed by atoms with Crippen LogP contribution in [0.25, 0.3) is 10.9 Å². The quantitative estimate of drug-likeness (QED) is 0.697. The molecule has 0 aliphatic carbocycles. The van der Waals surface area contributed by atoms with E-state index in [2.05, 4.69) is 10.3 Å². The lowest BCUT2D eigenvalue weighted by Gasteiger charge is -2.07. The second kappa shape index (κ2) is 9.05. The predicted molar refractivity (Wildman–Crippen MR) is 89.0 cm³/mol. The van der Waals surface area contributed by atoms with Gasteiger partial charge >= 0.3 is 6.09 Å². The maximum Gasteiger partial charge on any atom is 0.407 e. The zero-order chi connectivity index (χ0) is 16.5. The Labute approximate surface area is 136 Å². The van der Waals surface area contributed by atoms with Crippen LogP contribution in [0, 0.1) is 0 Å². The standard InChI is InChI=1S/C17H24N2O4/c1-21-9-3-4-10-23-17(20)18-8-7-13-12-19-16-6-5-14(22-2)11-15(13)16/h5-6,11-12,19H,3-4,7-10H2,1-2H3,(H,18,20). The van der Waals surface area contributed by atoms with Crippen molar-refractivity contribution >= 4 is 17.0 Å². The van der Waals surface area contributed by atoms with Crippen LogP contribution in [0.2, 0.25) is 0 Å². The number of amides is 1. The van der Waals surface area contributed by atoms with Crippen LogP contribution >= 0.6 is 0 Å². The normalized spacial score (nSPS) is 10.7. The molecule has 0 saturated carbocycles. The van der Waals surface area contributed by atoms with E-state index < -0.39 is 0 Å². The molecule has 0 spiro atoms. The zero-order valence-electron chi connectivity index (χ0n) is 13.7.